The number of nitrogens with zero attached hydrogens (tertiary/aromatic N) is 2. The number of piperidine rings is 1. The highest BCUT2D eigenvalue weighted by Gasteiger charge is 2.52. The highest BCUT2D eigenvalue weighted by atomic mass is 19.4. The van der Waals surface area contributed by atoms with Gasteiger partial charge in [-0.2, -0.15) is 13.2 Å². The van der Waals surface area contributed by atoms with Gasteiger partial charge in [-0.1, -0.05) is 45.0 Å². The third kappa shape index (κ3) is 6.80. The van der Waals surface area contributed by atoms with Crippen LogP contribution in [0.2, 0.25) is 0 Å². The molecule has 3 N–H and O–H groups in total. The number of nitrogens with two attached hydrogens (primary N) is 1. The van der Waals surface area contributed by atoms with Crippen LogP contribution >= 0.6 is 0 Å². The van der Waals surface area contributed by atoms with Crippen molar-refractivity contribution in [2.45, 2.75) is 71.1 Å². The first kappa shape index (κ1) is 31.9. The molecule has 42 heavy (non-hydrogen) atoms. The molecule has 1 amide bonds. The van der Waals surface area contributed by atoms with Gasteiger partial charge in [0.1, 0.15) is 17.6 Å². The first-order chi connectivity index (χ1) is 19.6. The molecule has 1 unspecified atom stereocenters. The number of carbonyl (C=O) groups is 2. The number of alkyl halides is 3. The van der Waals surface area contributed by atoms with E-state index in [-0.39, 0.29) is 66.6 Å². The molecule has 0 spiro atoms. The minimum Gasteiger partial charge on any atom is -0.508 e. The Morgan fingerprint density at radius 2 is 1.74 bits per heavy atom. The van der Waals surface area contributed by atoms with E-state index in [0.717, 1.165) is 4.90 Å². The Morgan fingerprint density at radius 3 is 2.38 bits per heavy atom. The van der Waals surface area contributed by atoms with E-state index in [1.807, 2.05) is 25.7 Å². The van der Waals surface area contributed by atoms with Crippen molar-refractivity contribution < 1.29 is 32.3 Å². The van der Waals surface area contributed by atoms with Gasteiger partial charge in [-0.25, -0.2) is 4.39 Å². The van der Waals surface area contributed by atoms with Gasteiger partial charge in [-0.15, -0.1) is 0 Å². The fourth-order valence-electron chi connectivity index (χ4n) is 6.43. The van der Waals surface area contributed by atoms with Gasteiger partial charge in [0.15, 0.2) is 5.78 Å². The van der Waals surface area contributed by atoms with Crippen molar-refractivity contribution in [3.63, 3.8) is 0 Å². The quantitative estimate of drug-likeness (QED) is 0.320. The van der Waals surface area contributed by atoms with Crippen LogP contribution in [-0.4, -0.2) is 71.0 Å². The second kappa shape index (κ2) is 12.3. The van der Waals surface area contributed by atoms with Crippen molar-refractivity contribution in [2.24, 2.45) is 23.0 Å². The first-order valence-electron chi connectivity index (χ1n) is 14.5. The van der Waals surface area contributed by atoms with Gasteiger partial charge in [-0.05, 0) is 67.5 Å². The molecule has 0 saturated carbocycles. The van der Waals surface area contributed by atoms with E-state index in [9.17, 15) is 32.3 Å². The predicted octanol–water partition coefficient (Wildman–Crippen LogP) is 5.67. The number of rotatable bonds is 7. The number of hydrogen-bond acceptors (Lipinski definition) is 5. The van der Waals surface area contributed by atoms with Crippen molar-refractivity contribution in [3.8, 4) is 5.75 Å². The lowest BCUT2D eigenvalue weighted by atomic mass is 9.69. The summed E-state index contributed by atoms with van der Waals surface area (Å²) in [4.78, 5) is 31.1. The standard InChI is InChI=1S/C32H41F4N3O3/c1-19-22(10-6-11-25(19)33)28-23(29(41)20-8-5-9-21(40)16-20)17-38(15-13-26(37)31(2,3)4)18-24(28)30(42)39-14-7-12-27(39)32(34,35)36/h5-6,8-11,16,23-24,26-28,40H,7,12-15,17-18,37H2,1-4H3/t23-,24+,26?,27-,28+/m0/s1. The Kier molecular flexibility index (Phi) is 9.37. The summed E-state index contributed by atoms with van der Waals surface area (Å²) in [5.41, 5.74) is 7.13. The van der Waals surface area contributed by atoms with E-state index < -0.39 is 41.7 Å². The van der Waals surface area contributed by atoms with Crippen LogP contribution in [-0.2, 0) is 4.79 Å². The lowest BCUT2D eigenvalue weighted by Crippen LogP contribution is -2.56. The zero-order valence-electron chi connectivity index (χ0n) is 24.6. The highest BCUT2D eigenvalue weighted by Crippen LogP contribution is 2.44. The zero-order valence-corrected chi connectivity index (χ0v) is 24.6. The number of halogens is 4. The summed E-state index contributed by atoms with van der Waals surface area (Å²) >= 11 is 0. The summed E-state index contributed by atoms with van der Waals surface area (Å²) in [5.74, 6) is -4.45. The molecule has 0 aromatic heterocycles. The molecule has 2 saturated heterocycles. The number of phenols is 1. The molecule has 6 nitrogen and oxygen atoms in total. The van der Waals surface area contributed by atoms with E-state index in [1.165, 1.54) is 30.3 Å². The smallest absolute Gasteiger partial charge is 0.408 e. The van der Waals surface area contributed by atoms with Crippen LogP contribution in [0.25, 0.3) is 0 Å². The Morgan fingerprint density at radius 1 is 1.07 bits per heavy atom. The average molecular weight is 592 g/mol. The van der Waals surface area contributed by atoms with Gasteiger partial charge < -0.3 is 20.6 Å². The third-order valence-corrected chi connectivity index (χ3v) is 9.01. The normalized spacial score (nSPS) is 24.5. The van der Waals surface area contributed by atoms with Crippen LogP contribution in [0.4, 0.5) is 17.6 Å². The number of amides is 1. The molecule has 2 aliphatic rings. The number of ketones is 1. The molecular weight excluding hydrogens is 550 g/mol. The molecule has 10 heteroatoms. The van der Waals surface area contributed by atoms with Crippen molar-refractivity contribution in [1.82, 2.24) is 9.80 Å². The number of Topliss-reactive ketones (excluding diaryl/α,β-unsaturated/α-hetero) is 1. The van der Waals surface area contributed by atoms with Gasteiger partial charge in [0, 0.05) is 43.1 Å². The van der Waals surface area contributed by atoms with Crippen molar-refractivity contribution >= 4 is 11.7 Å². The number of aromatic hydroxyl groups is 1. The van der Waals surface area contributed by atoms with Crippen molar-refractivity contribution in [2.75, 3.05) is 26.2 Å². The Bertz CT molecular complexity index is 1290. The van der Waals surface area contributed by atoms with Crippen LogP contribution in [0.5, 0.6) is 5.75 Å². The van der Waals surface area contributed by atoms with E-state index in [2.05, 4.69) is 0 Å². The number of benzene rings is 2. The molecular formula is C32H41F4N3O3. The molecule has 4 rings (SSSR count). The maximum Gasteiger partial charge on any atom is 0.408 e. The molecule has 0 bridgehead atoms. The fourth-order valence-corrected chi connectivity index (χ4v) is 6.43. The van der Waals surface area contributed by atoms with Crippen LogP contribution < -0.4 is 5.73 Å². The summed E-state index contributed by atoms with van der Waals surface area (Å²) in [5, 5.41) is 10.1. The SMILES string of the molecule is Cc1c(F)cccc1[C@@H]1[C@@H](C(=O)c2cccc(O)c2)CN(CCC(N)C(C)(C)C)C[C@H]1C(=O)N1CCC[C@H]1C(F)(F)F. The molecule has 2 heterocycles. The Balaban J connectivity index is 1.81. The predicted molar refractivity (Wildman–Crippen MR) is 153 cm³/mol. The number of likely N-dealkylation sites (tertiary alicyclic amines) is 2. The topological polar surface area (TPSA) is 86.9 Å². The lowest BCUT2D eigenvalue weighted by Gasteiger charge is -2.45. The fraction of sp³-hybridized carbons (Fsp3) is 0.562. The van der Waals surface area contributed by atoms with Crippen LogP contribution in [0.1, 0.15) is 67.4 Å². The molecule has 5 atom stereocenters. The summed E-state index contributed by atoms with van der Waals surface area (Å²) in [6.45, 7) is 8.33. The Labute approximate surface area is 244 Å². The van der Waals surface area contributed by atoms with E-state index >= 15 is 0 Å². The third-order valence-electron chi connectivity index (χ3n) is 9.01. The molecule has 2 aliphatic heterocycles. The second-order valence-electron chi connectivity index (χ2n) is 12.9. The van der Waals surface area contributed by atoms with E-state index in [1.54, 1.807) is 19.1 Å². The van der Waals surface area contributed by atoms with Crippen LogP contribution in [0.15, 0.2) is 42.5 Å². The minimum absolute atomic E-state index is 0.0333. The largest absolute Gasteiger partial charge is 0.508 e. The number of hydrogen-bond donors (Lipinski definition) is 2. The molecule has 0 aliphatic carbocycles. The van der Waals surface area contributed by atoms with Crippen LogP contribution in [0.3, 0.4) is 0 Å². The van der Waals surface area contributed by atoms with Crippen molar-refractivity contribution in [3.05, 3.63) is 65.0 Å². The first-order valence-corrected chi connectivity index (χ1v) is 14.5. The monoisotopic (exact) mass is 591 g/mol. The zero-order chi connectivity index (χ0) is 31.0. The van der Waals surface area contributed by atoms with E-state index in [0.29, 0.717) is 18.5 Å². The maximum absolute atomic E-state index is 14.9. The molecule has 2 aromatic rings. The van der Waals surface area contributed by atoms with Crippen LogP contribution in [0, 0.1) is 30.0 Å². The van der Waals surface area contributed by atoms with Gasteiger partial charge in [0.05, 0.1) is 5.92 Å². The van der Waals surface area contributed by atoms with Crippen molar-refractivity contribution in [1.29, 1.82) is 0 Å². The molecule has 0 radical (unpaired) electrons. The van der Waals surface area contributed by atoms with Gasteiger partial charge >= 0.3 is 6.18 Å². The summed E-state index contributed by atoms with van der Waals surface area (Å²) in [6.07, 6.45) is -3.99. The summed E-state index contributed by atoms with van der Waals surface area (Å²) < 4.78 is 56.9. The molecule has 230 valence electrons. The average Bonchev–Trinajstić information content (AvgIpc) is 3.42. The van der Waals surface area contributed by atoms with Gasteiger partial charge in [0.25, 0.3) is 0 Å². The van der Waals surface area contributed by atoms with Gasteiger partial charge in [0.2, 0.25) is 5.91 Å². The molecule has 2 aromatic carbocycles. The molecule has 2 fully saturated rings. The lowest BCUT2D eigenvalue weighted by molar-refractivity contribution is -0.185. The second-order valence-corrected chi connectivity index (χ2v) is 12.9. The summed E-state index contributed by atoms with van der Waals surface area (Å²) in [7, 11) is 0. The van der Waals surface area contributed by atoms with E-state index in [4.69, 9.17) is 5.73 Å². The van der Waals surface area contributed by atoms with Gasteiger partial charge in [-0.3, -0.25) is 9.59 Å². The minimum atomic E-state index is -4.58. The number of phenolic OH excluding ortho intramolecular Hbond substituents is 1. The number of carbonyl (C=O) groups excluding carboxylic acids is 2. The maximum atomic E-state index is 14.9. The Hall–Kier alpha value is -2.98. The summed E-state index contributed by atoms with van der Waals surface area (Å²) in [6, 6.07) is 8.21. The highest BCUT2D eigenvalue weighted by molar-refractivity contribution is 5.99.